The summed E-state index contributed by atoms with van der Waals surface area (Å²) in [5, 5.41) is 12.1. The number of aryl methyl sites for hydroxylation is 2. The second kappa shape index (κ2) is 10.2. The van der Waals surface area contributed by atoms with E-state index in [0.29, 0.717) is 44.5 Å². The van der Waals surface area contributed by atoms with Crippen molar-refractivity contribution in [2.75, 3.05) is 14.2 Å². The monoisotopic (exact) mass is 528 g/mol. The summed E-state index contributed by atoms with van der Waals surface area (Å²) in [6.07, 6.45) is 4.68. The molecule has 3 aromatic heterocycles. The summed E-state index contributed by atoms with van der Waals surface area (Å²) in [7, 11) is 0.981. The zero-order valence-corrected chi connectivity index (χ0v) is 22.4. The smallest absolute Gasteiger partial charge is 0.259 e. The van der Waals surface area contributed by atoms with Crippen molar-refractivity contribution in [2.45, 2.75) is 37.7 Å². The molecule has 2 atom stereocenters. The highest BCUT2D eigenvalue weighted by molar-refractivity contribution is 7.91. The minimum atomic E-state index is -3.82. The fourth-order valence-electron chi connectivity index (χ4n) is 4.13. The van der Waals surface area contributed by atoms with E-state index in [-0.39, 0.29) is 5.82 Å². The molecule has 1 aromatic carbocycles. The van der Waals surface area contributed by atoms with Crippen molar-refractivity contribution in [1.29, 1.82) is 0 Å². The molecular formula is C24H30N7O5S+. The first-order valence-corrected chi connectivity index (χ1v) is 13.3. The van der Waals surface area contributed by atoms with E-state index in [1.54, 1.807) is 73.7 Å². The van der Waals surface area contributed by atoms with Crippen molar-refractivity contribution < 1.29 is 22.3 Å². The van der Waals surface area contributed by atoms with Crippen molar-refractivity contribution in [3.8, 4) is 28.7 Å². The first-order valence-electron chi connectivity index (χ1n) is 11.6. The fourth-order valence-corrected chi connectivity index (χ4v) is 5.70. The molecule has 0 radical (unpaired) electrons. The highest BCUT2D eigenvalue weighted by atomic mass is 32.2. The van der Waals surface area contributed by atoms with E-state index in [1.807, 2.05) is 0 Å². The van der Waals surface area contributed by atoms with Crippen LogP contribution in [0.3, 0.4) is 0 Å². The zero-order chi connectivity index (χ0) is 26.9. The highest BCUT2D eigenvalue weighted by Gasteiger charge is 2.35. The molecule has 37 heavy (non-hydrogen) atoms. The summed E-state index contributed by atoms with van der Waals surface area (Å²) in [5.41, 5.74) is 1.94. The number of benzene rings is 1. The Kier molecular flexibility index (Phi) is 7.16. The van der Waals surface area contributed by atoms with Gasteiger partial charge in [-0.05, 0) is 32.0 Å². The van der Waals surface area contributed by atoms with Gasteiger partial charge in [-0.1, -0.05) is 13.0 Å². The van der Waals surface area contributed by atoms with Crippen molar-refractivity contribution in [2.24, 2.45) is 7.05 Å². The molecular weight excluding hydrogens is 498 g/mol. The summed E-state index contributed by atoms with van der Waals surface area (Å²) >= 11 is 0. The van der Waals surface area contributed by atoms with Crippen LogP contribution in [0.2, 0.25) is 0 Å². The van der Waals surface area contributed by atoms with Gasteiger partial charge in [-0.2, -0.15) is 5.10 Å². The Morgan fingerprint density at radius 1 is 1.11 bits per heavy atom. The molecule has 196 valence electrons. The largest absolute Gasteiger partial charge is 0.494 e. The lowest BCUT2D eigenvalue weighted by molar-refractivity contribution is -0.507. The van der Waals surface area contributed by atoms with Crippen LogP contribution in [-0.2, 0) is 22.6 Å². The molecule has 0 unspecified atom stereocenters. The van der Waals surface area contributed by atoms with Crippen LogP contribution in [0.15, 0.2) is 42.9 Å². The summed E-state index contributed by atoms with van der Waals surface area (Å²) in [5.74, 6) is 0.353. The van der Waals surface area contributed by atoms with E-state index in [0.717, 1.165) is 0 Å². The van der Waals surface area contributed by atoms with E-state index >= 15 is 0 Å². The van der Waals surface area contributed by atoms with Gasteiger partial charge in [0, 0.05) is 18.2 Å². The molecule has 4 rings (SSSR count). The quantitative estimate of drug-likeness (QED) is 0.327. The maximum Gasteiger partial charge on any atom is 0.259 e. The van der Waals surface area contributed by atoms with E-state index in [9.17, 15) is 13.3 Å². The van der Waals surface area contributed by atoms with Gasteiger partial charge in [0.15, 0.2) is 21.5 Å². The lowest BCUT2D eigenvalue weighted by Gasteiger charge is -2.19. The lowest BCUT2D eigenvalue weighted by atomic mass is 10.1. The third-order valence-corrected chi connectivity index (χ3v) is 8.58. The van der Waals surface area contributed by atoms with E-state index in [4.69, 9.17) is 9.47 Å². The number of rotatable bonds is 9. The van der Waals surface area contributed by atoms with Gasteiger partial charge >= 0.3 is 0 Å². The van der Waals surface area contributed by atoms with Gasteiger partial charge in [0.05, 0.1) is 41.7 Å². The predicted octanol–water partition coefficient (Wildman–Crippen LogP) is 2.34. The molecule has 1 N–H and O–H groups in total. The van der Waals surface area contributed by atoms with Crippen LogP contribution < -0.4 is 13.9 Å². The molecule has 0 aliphatic carbocycles. The summed E-state index contributed by atoms with van der Waals surface area (Å²) in [6, 6.07) is 7.00. The van der Waals surface area contributed by atoms with Crippen molar-refractivity contribution in [1.82, 2.24) is 29.5 Å². The van der Waals surface area contributed by atoms with Crippen LogP contribution in [0.4, 0.5) is 0 Å². The maximum atomic E-state index is 13.7. The second-order valence-corrected chi connectivity index (χ2v) is 11.2. The molecule has 0 fully saturated rings. The summed E-state index contributed by atoms with van der Waals surface area (Å²) < 4.78 is 42.4. The van der Waals surface area contributed by atoms with Crippen LogP contribution in [-0.4, -0.2) is 57.4 Å². The molecule has 0 amide bonds. The molecule has 0 saturated carbocycles. The Morgan fingerprint density at radius 3 is 2.35 bits per heavy atom. The van der Waals surface area contributed by atoms with Gasteiger partial charge in [0.25, 0.3) is 5.69 Å². The summed E-state index contributed by atoms with van der Waals surface area (Å²) in [4.78, 5) is 15.4. The molecule has 12 nitrogen and oxygen atoms in total. The lowest BCUT2D eigenvalue weighted by Crippen LogP contribution is -2.32. The average Bonchev–Trinajstić information content (AvgIpc) is 3.47. The van der Waals surface area contributed by atoms with Crippen molar-refractivity contribution in [3.63, 3.8) is 0 Å². The van der Waals surface area contributed by atoms with Gasteiger partial charge in [-0.3, -0.25) is 9.25 Å². The number of nitrogens with zero attached hydrogens (tertiary/aromatic N) is 6. The summed E-state index contributed by atoms with van der Waals surface area (Å²) in [6.45, 7) is 5.05. The van der Waals surface area contributed by atoms with Crippen LogP contribution in [0.25, 0.3) is 17.2 Å². The average molecular weight is 529 g/mol. The SMILES string of the molecule is COc1cccc(OC)c1-n1c(CS(=O)(=O)[C@@H](C)[C@H](C)c2c[nH]c(C)c[n+]2=O)nnc1-c1ccn(C)n1. The van der Waals surface area contributed by atoms with Crippen molar-refractivity contribution in [3.05, 3.63) is 65.0 Å². The van der Waals surface area contributed by atoms with Crippen LogP contribution in [0, 0.1) is 11.8 Å². The van der Waals surface area contributed by atoms with E-state index in [1.165, 1.54) is 20.4 Å². The minimum Gasteiger partial charge on any atom is -0.494 e. The molecule has 13 heteroatoms. The number of hydrogen-bond acceptors (Lipinski definition) is 8. The van der Waals surface area contributed by atoms with E-state index in [2.05, 4.69) is 20.3 Å². The molecule has 0 aliphatic heterocycles. The topological polar surface area (TPSA) is 140 Å². The van der Waals surface area contributed by atoms with Gasteiger partial charge in [0.2, 0.25) is 6.20 Å². The first-order chi connectivity index (χ1) is 17.6. The molecule has 0 spiro atoms. The Hall–Kier alpha value is -4.00. The third kappa shape index (κ3) is 4.99. The first kappa shape index (κ1) is 26.1. The van der Waals surface area contributed by atoms with Crippen LogP contribution in [0.1, 0.15) is 37.0 Å². The van der Waals surface area contributed by atoms with Gasteiger partial charge in [-0.15, -0.1) is 10.2 Å². The van der Waals surface area contributed by atoms with E-state index < -0.39 is 26.8 Å². The number of hydrogen-bond donors (Lipinski definition) is 1. The fraction of sp³-hybridized carbons (Fsp3) is 0.375. The van der Waals surface area contributed by atoms with Crippen LogP contribution >= 0.6 is 0 Å². The number of methoxy groups -OCH3 is 2. The van der Waals surface area contributed by atoms with Gasteiger partial charge in [-0.25, -0.2) is 8.42 Å². The zero-order valence-electron chi connectivity index (χ0n) is 21.5. The Balaban J connectivity index is 1.82. The molecule has 0 saturated heterocycles. The Labute approximate surface area is 214 Å². The Bertz CT molecular complexity index is 1570. The molecule has 0 bridgehead atoms. The molecule has 3 heterocycles. The normalized spacial score (nSPS) is 13.4. The molecule has 0 aliphatic rings. The second-order valence-electron chi connectivity index (χ2n) is 8.81. The molecule has 4 aromatic rings. The predicted molar refractivity (Wildman–Crippen MR) is 136 cm³/mol. The van der Waals surface area contributed by atoms with Gasteiger partial charge < -0.3 is 14.5 Å². The van der Waals surface area contributed by atoms with Crippen LogP contribution in [0.5, 0.6) is 11.5 Å². The number of ether oxygens (including phenoxy) is 2. The standard InChI is InChI=1S/C24H30N7O5S/c1-15-13-30(32)19(12-25-15)16(2)17(3)37(33,34)14-22-26-27-24(18-10-11-29(4)28-18)31(22)23-20(35-5)8-7-9-21(23)36-6/h7-13,16-17H,14H2,1-6H3,(H,25,32)/q+1/t16-,17-/m0/s1. The third-order valence-electron chi connectivity index (χ3n) is 6.38. The highest BCUT2D eigenvalue weighted by Crippen LogP contribution is 2.36. The van der Waals surface area contributed by atoms with Crippen molar-refractivity contribution >= 4 is 9.84 Å². The number of para-hydroxylation sites is 1. The number of sulfone groups is 1. The number of aromatic amines is 1. The minimum absolute atomic E-state index is 0.160. The number of H-pyrrole nitrogens is 1. The Morgan fingerprint density at radius 2 is 1.78 bits per heavy atom. The number of nitrogens with one attached hydrogen (secondary N) is 1. The number of aromatic nitrogens is 7. The maximum absolute atomic E-state index is 13.7. The van der Waals surface area contributed by atoms with Gasteiger partial charge in [0.1, 0.15) is 28.6 Å².